The van der Waals surface area contributed by atoms with E-state index in [9.17, 15) is 14.9 Å². The zero-order valence-corrected chi connectivity index (χ0v) is 23.1. The van der Waals surface area contributed by atoms with Crippen molar-refractivity contribution in [3.8, 4) is 17.6 Å². The molecule has 3 aromatic carbocycles. The number of amides is 2. The molecule has 8 nitrogen and oxygen atoms in total. The molecule has 3 rings (SSSR count). The monoisotopic (exact) mass is 630 g/mol. The van der Waals surface area contributed by atoms with E-state index in [1.165, 1.54) is 13.3 Å². The van der Waals surface area contributed by atoms with Crippen LogP contribution in [0, 0.1) is 21.8 Å². The first-order chi connectivity index (χ1) is 17.8. The number of rotatable bonds is 10. The first kappa shape index (κ1) is 28.0. The molecule has 0 aliphatic carbocycles. The maximum Gasteiger partial charge on any atom is 0.240 e. The fourth-order valence-corrected chi connectivity index (χ4v) is 4.18. The van der Waals surface area contributed by atoms with Gasteiger partial charge in [-0.3, -0.25) is 9.59 Å². The number of anilines is 1. The van der Waals surface area contributed by atoms with Gasteiger partial charge in [0.1, 0.15) is 6.61 Å². The summed E-state index contributed by atoms with van der Waals surface area (Å²) in [4.78, 5) is 24.2. The number of hydrogen-bond acceptors (Lipinski definition) is 6. The Balaban J connectivity index is 1.53. The van der Waals surface area contributed by atoms with Gasteiger partial charge in [0.15, 0.2) is 11.5 Å². The third-order valence-electron chi connectivity index (χ3n) is 5.20. The summed E-state index contributed by atoms with van der Waals surface area (Å²) < 4.78 is 12.2. The standard InChI is InChI=1S/C27H24ClIN4O4/c1-17-7-8-21(13-22(17)28)32-25(34)9-10-26(35)33-31-15-18-11-23(29)27(24(12-18)36-2)37-16-20-6-4-3-5-19(20)14-30/h3-8,11-13,15H,9-10,16H2,1-2H3,(H,32,34)(H,33,35). The van der Waals surface area contributed by atoms with Crippen molar-refractivity contribution in [1.82, 2.24) is 5.43 Å². The molecule has 0 aliphatic heterocycles. The minimum atomic E-state index is -0.397. The summed E-state index contributed by atoms with van der Waals surface area (Å²) in [5.74, 6) is 0.331. The number of benzene rings is 3. The lowest BCUT2D eigenvalue weighted by molar-refractivity contribution is -0.124. The molecule has 0 saturated heterocycles. The Morgan fingerprint density at radius 2 is 1.89 bits per heavy atom. The molecule has 0 bridgehead atoms. The molecule has 2 N–H and O–H groups in total. The van der Waals surface area contributed by atoms with Gasteiger partial charge >= 0.3 is 0 Å². The quantitative estimate of drug-likeness (QED) is 0.173. The predicted molar refractivity (Wildman–Crippen MR) is 151 cm³/mol. The summed E-state index contributed by atoms with van der Waals surface area (Å²) in [6.07, 6.45) is 1.45. The molecule has 3 aromatic rings. The van der Waals surface area contributed by atoms with Crippen LogP contribution in [0.2, 0.25) is 5.02 Å². The Bertz CT molecular complexity index is 1370. The molecule has 37 heavy (non-hydrogen) atoms. The third kappa shape index (κ3) is 8.20. The van der Waals surface area contributed by atoms with Gasteiger partial charge in [-0.15, -0.1) is 0 Å². The van der Waals surface area contributed by atoms with Gasteiger partial charge in [0.25, 0.3) is 0 Å². The van der Waals surface area contributed by atoms with Crippen LogP contribution >= 0.6 is 34.2 Å². The van der Waals surface area contributed by atoms with E-state index in [1.807, 2.05) is 31.2 Å². The van der Waals surface area contributed by atoms with Crippen LogP contribution in [0.25, 0.3) is 0 Å². The van der Waals surface area contributed by atoms with Gasteiger partial charge in [-0.25, -0.2) is 5.43 Å². The van der Waals surface area contributed by atoms with E-state index in [1.54, 1.807) is 30.3 Å². The van der Waals surface area contributed by atoms with Gasteiger partial charge in [0.2, 0.25) is 11.8 Å². The first-order valence-electron chi connectivity index (χ1n) is 11.2. The molecule has 0 aromatic heterocycles. The molecule has 0 saturated carbocycles. The van der Waals surface area contributed by atoms with Gasteiger partial charge in [-0.1, -0.05) is 35.9 Å². The van der Waals surface area contributed by atoms with Crippen molar-refractivity contribution in [3.63, 3.8) is 0 Å². The highest BCUT2D eigenvalue weighted by Gasteiger charge is 2.13. The van der Waals surface area contributed by atoms with Crippen molar-refractivity contribution in [1.29, 1.82) is 5.26 Å². The Morgan fingerprint density at radius 1 is 1.14 bits per heavy atom. The number of nitrogens with zero attached hydrogens (tertiary/aromatic N) is 2. The fourth-order valence-electron chi connectivity index (χ4n) is 3.22. The number of methoxy groups -OCH3 is 1. The predicted octanol–water partition coefficient (Wildman–Crippen LogP) is 5.58. The van der Waals surface area contributed by atoms with Crippen molar-refractivity contribution in [2.24, 2.45) is 5.10 Å². The number of halogens is 2. The van der Waals surface area contributed by atoms with Gasteiger partial charge in [-0.05, 0) is 71.0 Å². The Kier molecular flexibility index (Phi) is 10.3. The lowest BCUT2D eigenvalue weighted by Gasteiger charge is -2.14. The lowest BCUT2D eigenvalue weighted by atomic mass is 10.1. The zero-order valence-electron chi connectivity index (χ0n) is 20.2. The summed E-state index contributed by atoms with van der Waals surface area (Å²) in [6.45, 7) is 2.08. The topological polar surface area (TPSA) is 113 Å². The number of hydrazone groups is 1. The van der Waals surface area contributed by atoms with Crippen molar-refractivity contribution in [3.05, 3.63) is 85.4 Å². The highest BCUT2D eigenvalue weighted by Crippen LogP contribution is 2.34. The molecule has 2 amide bonds. The van der Waals surface area contributed by atoms with Crippen LogP contribution < -0.4 is 20.2 Å². The van der Waals surface area contributed by atoms with Gasteiger partial charge in [0.05, 0.1) is 28.5 Å². The van der Waals surface area contributed by atoms with Crippen LogP contribution in [0.5, 0.6) is 11.5 Å². The van der Waals surface area contributed by atoms with Crippen molar-refractivity contribution < 1.29 is 19.1 Å². The van der Waals surface area contributed by atoms with E-state index in [2.05, 4.69) is 44.5 Å². The average molecular weight is 631 g/mol. The van der Waals surface area contributed by atoms with Crippen LogP contribution in [-0.4, -0.2) is 25.1 Å². The Hall–Kier alpha value is -3.62. The second-order valence-electron chi connectivity index (χ2n) is 7.90. The highest BCUT2D eigenvalue weighted by atomic mass is 127. The van der Waals surface area contributed by atoms with E-state index in [0.29, 0.717) is 33.3 Å². The number of carbonyl (C=O) groups excluding carboxylic acids is 2. The molecule has 0 atom stereocenters. The number of nitriles is 1. The van der Waals surface area contributed by atoms with E-state index in [-0.39, 0.29) is 25.4 Å². The summed E-state index contributed by atoms with van der Waals surface area (Å²) in [5, 5.41) is 16.5. The van der Waals surface area contributed by atoms with Crippen molar-refractivity contribution in [2.45, 2.75) is 26.4 Å². The second kappa shape index (κ2) is 13.6. The fraction of sp³-hybridized carbons (Fsp3) is 0.185. The normalized spacial score (nSPS) is 10.6. The molecule has 0 aliphatic rings. The van der Waals surface area contributed by atoms with E-state index < -0.39 is 5.91 Å². The number of aryl methyl sites for hydroxylation is 1. The Labute approximate surface area is 233 Å². The zero-order chi connectivity index (χ0) is 26.8. The average Bonchev–Trinajstić information content (AvgIpc) is 2.89. The molecule has 0 spiro atoms. The number of ether oxygens (including phenoxy) is 2. The third-order valence-corrected chi connectivity index (χ3v) is 6.41. The van der Waals surface area contributed by atoms with Gasteiger partial charge < -0.3 is 14.8 Å². The number of carbonyl (C=O) groups is 2. The largest absolute Gasteiger partial charge is 0.493 e. The van der Waals surface area contributed by atoms with Crippen LogP contribution in [0.1, 0.15) is 35.1 Å². The molecular formula is C27H24ClIN4O4. The second-order valence-corrected chi connectivity index (χ2v) is 9.47. The van der Waals surface area contributed by atoms with Gasteiger partial charge in [0, 0.05) is 29.1 Å². The van der Waals surface area contributed by atoms with Crippen molar-refractivity contribution in [2.75, 3.05) is 12.4 Å². The molecule has 0 radical (unpaired) electrons. The maximum absolute atomic E-state index is 12.1. The van der Waals surface area contributed by atoms with E-state index >= 15 is 0 Å². The lowest BCUT2D eigenvalue weighted by Crippen LogP contribution is -2.20. The summed E-state index contributed by atoms with van der Waals surface area (Å²) in [6, 6.07) is 18.1. The molecule has 0 fully saturated rings. The maximum atomic E-state index is 12.1. The van der Waals surface area contributed by atoms with Crippen molar-refractivity contribution >= 4 is 57.9 Å². The molecule has 10 heteroatoms. The summed E-state index contributed by atoms with van der Waals surface area (Å²) in [7, 11) is 1.53. The van der Waals surface area contributed by atoms with Gasteiger partial charge in [-0.2, -0.15) is 10.4 Å². The minimum absolute atomic E-state index is 0.000460. The summed E-state index contributed by atoms with van der Waals surface area (Å²) >= 11 is 8.19. The summed E-state index contributed by atoms with van der Waals surface area (Å²) in [5.41, 5.74) is 5.91. The Morgan fingerprint density at radius 3 is 2.62 bits per heavy atom. The molecule has 190 valence electrons. The van der Waals surface area contributed by atoms with Crippen LogP contribution in [0.4, 0.5) is 5.69 Å². The number of nitrogens with one attached hydrogen (secondary N) is 2. The highest BCUT2D eigenvalue weighted by molar-refractivity contribution is 14.1. The van der Waals surface area contributed by atoms with E-state index in [0.717, 1.165) is 14.7 Å². The molecule has 0 heterocycles. The van der Waals surface area contributed by atoms with Crippen LogP contribution in [0.3, 0.4) is 0 Å². The number of hydrogen-bond donors (Lipinski definition) is 2. The molecule has 0 unspecified atom stereocenters. The smallest absolute Gasteiger partial charge is 0.240 e. The minimum Gasteiger partial charge on any atom is -0.493 e. The van der Waals surface area contributed by atoms with Crippen LogP contribution in [0.15, 0.2) is 59.7 Å². The van der Waals surface area contributed by atoms with E-state index in [4.69, 9.17) is 21.1 Å². The molecular weight excluding hydrogens is 607 g/mol. The first-order valence-corrected chi connectivity index (χ1v) is 12.6. The SMILES string of the molecule is COc1cc(C=NNC(=O)CCC(=O)Nc2ccc(C)c(Cl)c2)cc(I)c1OCc1ccccc1C#N. The van der Waals surface area contributed by atoms with Crippen LogP contribution in [-0.2, 0) is 16.2 Å².